The number of hydrogen-bond donors (Lipinski definition) is 2. The van der Waals surface area contributed by atoms with Gasteiger partial charge in [0.15, 0.2) is 0 Å². The highest BCUT2D eigenvalue weighted by molar-refractivity contribution is 6.31. The number of aliphatic imine (C=N–C) groups is 1. The van der Waals surface area contributed by atoms with Crippen molar-refractivity contribution in [2.24, 2.45) is 4.99 Å². The summed E-state index contributed by atoms with van der Waals surface area (Å²) in [7, 11) is 1.90. The largest absolute Gasteiger partial charge is 0.335 e. The smallest absolute Gasteiger partial charge is 0.253 e. The lowest BCUT2D eigenvalue weighted by atomic mass is 9.93. The number of rotatable bonds is 5. The SMILES string of the molecule is CNC1CN(C(=O)c2ccc(Nc3ncc4c(n3)-c3ccc(Cl)cc3C(c3c(C)cccc3F)=NC4)cc2)C1. The van der Waals surface area contributed by atoms with Gasteiger partial charge in [0.1, 0.15) is 5.82 Å². The van der Waals surface area contributed by atoms with Gasteiger partial charge >= 0.3 is 0 Å². The zero-order chi connectivity index (χ0) is 27.1. The van der Waals surface area contributed by atoms with E-state index in [-0.39, 0.29) is 11.7 Å². The van der Waals surface area contributed by atoms with Crippen LogP contribution in [0, 0.1) is 12.7 Å². The van der Waals surface area contributed by atoms with E-state index in [1.807, 2.05) is 43.1 Å². The maximum atomic E-state index is 15.0. The summed E-state index contributed by atoms with van der Waals surface area (Å²) < 4.78 is 15.0. The Hall–Kier alpha value is -4.14. The minimum atomic E-state index is -0.336. The molecule has 0 atom stereocenters. The standard InChI is InChI=1S/C30H26ClFN6O/c1-17-4-3-5-25(32)26(17)28-24-12-20(31)8-11-23(24)27-19(13-34-28)14-35-30(37-27)36-21-9-6-18(7-10-21)29(39)38-15-22(16-38)33-2/h3-12,14,22,33H,13,15-16H2,1-2H3,(H,35,36,37). The Kier molecular flexibility index (Phi) is 6.58. The van der Waals surface area contributed by atoms with E-state index in [9.17, 15) is 9.18 Å². The Morgan fingerprint density at radius 2 is 1.87 bits per heavy atom. The third-order valence-electron chi connectivity index (χ3n) is 7.19. The molecule has 0 unspecified atom stereocenters. The fourth-order valence-electron chi connectivity index (χ4n) is 4.96. The number of nitrogens with zero attached hydrogens (tertiary/aromatic N) is 4. The van der Waals surface area contributed by atoms with Crippen molar-refractivity contribution in [2.75, 3.05) is 25.5 Å². The number of hydrogen-bond acceptors (Lipinski definition) is 6. The molecule has 3 aromatic carbocycles. The van der Waals surface area contributed by atoms with E-state index in [4.69, 9.17) is 21.6 Å². The lowest BCUT2D eigenvalue weighted by Gasteiger charge is -2.39. The monoisotopic (exact) mass is 540 g/mol. The predicted octanol–water partition coefficient (Wildman–Crippen LogP) is 5.38. The molecule has 0 radical (unpaired) electrons. The van der Waals surface area contributed by atoms with Crippen molar-refractivity contribution in [1.29, 1.82) is 0 Å². The molecule has 7 nitrogen and oxygen atoms in total. The van der Waals surface area contributed by atoms with E-state index >= 15 is 0 Å². The first-order chi connectivity index (χ1) is 18.9. The minimum absolute atomic E-state index is 0.0190. The summed E-state index contributed by atoms with van der Waals surface area (Å²) >= 11 is 6.39. The topological polar surface area (TPSA) is 82.5 Å². The fourth-order valence-corrected chi connectivity index (χ4v) is 5.14. The molecule has 1 saturated heterocycles. The van der Waals surface area contributed by atoms with Gasteiger partial charge in [0, 0.05) is 63.9 Å². The van der Waals surface area contributed by atoms with Crippen LogP contribution in [0.4, 0.5) is 16.0 Å². The molecule has 39 heavy (non-hydrogen) atoms. The zero-order valence-corrected chi connectivity index (χ0v) is 22.3. The van der Waals surface area contributed by atoms with Gasteiger partial charge in [0.05, 0.1) is 18.0 Å². The average Bonchev–Trinajstić information content (AvgIpc) is 3.05. The molecule has 3 heterocycles. The van der Waals surface area contributed by atoms with Crippen molar-refractivity contribution in [3.05, 3.63) is 106 Å². The maximum absolute atomic E-state index is 15.0. The highest BCUT2D eigenvalue weighted by Gasteiger charge is 2.30. The molecule has 4 aromatic rings. The predicted molar refractivity (Wildman–Crippen MR) is 151 cm³/mol. The Morgan fingerprint density at radius 3 is 2.62 bits per heavy atom. The summed E-state index contributed by atoms with van der Waals surface area (Å²) in [5.74, 6) is 0.0845. The normalized spacial score (nSPS) is 14.6. The Labute approximate surface area is 230 Å². The highest BCUT2D eigenvalue weighted by Crippen LogP contribution is 2.35. The van der Waals surface area contributed by atoms with Gasteiger partial charge < -0.3 is 15.5 Å². The van der Waals surface area contributed by atoms with Crippen LogP contribution in [0.15, 0.2) is 71.9 Å². The molecule has 1 aromatic heterocycles. The lowest BCUT2D eigenvalue weighted by Crippen LogP contribution is -2.58. The van der Waals surface area contributed by atoms with Crippen LogP contribution in [0.3, 0.4) is 0 Å². The quantitative estimate of drug-likeness (QED) is 0.355. The maximum Gasteiger partial charge on any atom is 0.253 e. The average molecular weight is 541 g/mol. The number of benzene rings is 3. The van der Waals surface area contributed by atoms with Crippen molar-refractivity contribution in [1.82, 2.24) is 20.2 Å². The van der Waals surface area contributed by atoms with Crippen LogP contribution in [0.1, 0.15) is 32.6 Å². The third-order valence-corrected chi connectivity index (χ3v) is 7.42. The van der Waals surface area contributed by atoms with Gasteiger partial charge in [-0.3, -0.25) is 9.79 Å². The molecule has 0 aliphatic carbocycles. The number of likely N-dealkylation sites (N-methyl/N-ethyl adjacent to an activating group) is 1. The second-order valence-electron chi connectivity index (χ2n) is 9.75. The molecule has 0 spiro atoms. The van der Waals surface area contributed by atoms with Crippen molar-refractivity contribution in [3.63, 3.8) is 0 Å². The van der Waals surface area contributed by atoms with Gasteiger partial charge in [-0.05, 0) is 62.0 Å². The molecule has 2 aliphatic rings. The van der Waals surface area contributed by atoms with Gasteiger partial charge in [-0.1, -0.05) is 29.8 Å². The van der Waals surface area contributed by atoms with E-state index in [0.29, 0.717) is 64.7 Å². The van der Waals surface area contributed by atoms with Gasteiger partial charge in [0.25, 0.3) is 5.91 Å². The van der Waals surface area contributed by atoms with Crippen LogP contribution in [-0.2, 0) is 6.54 Å². The van der Waals surface area contributed by atoms with E-state index in [0.717, 1.165) is 22.4 Å². The van der Waals surface area contributed by atoms with Gasteiger partial charge in [0.2, 0.25) is 5.95 Å². The summed E-state index contributed by atoms with van der Waals surface area (Å²) in [6.07, 6.45) is 1.74. The molecule has 1 fully saturated rings. The first-order valence-corrected chi connectivity index (χ1v) is 13.1. The number of likely N-dealkylation sites (tertiary alicyclic amines) is 1. The third kappa shape index (κ3) is 4.77. The fraction of sp³-hybridized carbons (Fsp3) is 0.200. The Balaban J connectivity index is 1.30. The second kappa shape index (κ2) is 10.2. The molecule has 1 amide bonds. The van der Waals surface area contributed by atoms with E-state index in [1.165, 1.54) is 6.07 Å². The van der Waals surface area contributed by atoms with E-state index in [1.54, 1.807) is 36.5 Å². The Bertz CT molecular complexity index is 1590. The summed E-state index contributed by atoms with van der Waals surface area (Å²) in [5.41, 5.74) is 6.22. The number of nitrogens with one attached hydrogen (secondary N) is 2. The molecule has 0 saturated carbocycles. The molecule has 0 bridgehead atoms. The molecule has 2 aliphatic heterocycles. The number of carbonyl (C=O) groups is 1. The number of anilines is 2. The van der Waals surface area contributed by atoms with Crippen LogP contribution in [0.25, 0.3) is 11.3 Å². The number of amides is 1. The van der Waals surface area contributed by atoms with Gasteiger partial charge in [-0.2, -0.15) is 0 Å². The molecule has 196 valence electrons. The van der Waals surface area contributed by atoms with Crippen molar-refractivity contribution in [3.8, 4) is 11.3 Å². The minimum Gasteiger partial charge on any atom is -0.335 e. The summed E-state index contributed by atoms with van der Waals surface area (Å²) in [4.78, 5) is 28.6. The number of halogens is 2. The van der Waals surface area contributed by atoms with Crippen LogP contribution >= 0.6 is 11.6 Å². The summed E-state index contributed by atoms with van der Waals surface area (Å²) in [5, 5.41) is 6.94. The summed E-state index contributed by atoms with van der Waals surface area (Å²) in [6, 6.07) is 18.1. The number of fused-ring (bicyclic) bond motifs is 3. The number of aryl methyl sites for hydroxylation is 1. The van der Waals surface area contributed by atoms with Gasteiger partial charge in [-0.15, -0.1) is 0 Å². The van der Waals surface area contributed by atoms with Crippen molar-refractivity contribution >= 4 is 34.9 Å². The first-order valence-electron chi connectivity index (χ1n) is 12.7. The Morgan fingerprint density at radius 1 is 1.08 bits per heavy atom. The number of aromatic nitrogens is 2. The molecular formula is C30H26ClFN6O. The zero-order valence-electron chi connectivity index (χ0n) is 21.5. The molecule has 6 rings (SSSR count). The van der Waals surface area contributed by atoms with Gasteiger partial charge in [-0.25, -0.2) is 14.4 Å². The van der Waals surface area contributed by atoms with E-state index in [2.05, 4.69) is 15.6 Å². The molecular weight excluding hydrogens is 515 g/mol. The van der Waals surface area contributed by atoms with Crippen molar-refractivity contribution in [2.45, 2.75) is 19.5 Å². The lowest BCUT2D eigenvalue weighted by molar-refractivity contribution is 0.0577. The molecule has 2 N–H and O–H groups in total. The van der Waals surface area contributed by atoms with Crippen LogP contribution < -0.4 is 10.6 Å². The van der Waals surface area contributed by atoms with E-state index < -0.39 is 0 Å². The number of carbonyl (C=O) groups excluding carboxylic acids is 1. The first kappa shape index (κ1) is 25.2. The van der Waals surface area contributed by atoms with Crippen molar-refractivity contribution < 1.29 is 9.18 Å². The summed E-state index contributed by atoms with van der Waals surface area (Å²) in [6.45, 7) is 3.60. The van der Waals surface area contributed by atoms with Crippen LogP contribution in [0.2, 0.25) is 5.02 Å². The highest BCUT2D eigenvalue weighted by atomic mass is 35.5. The van der Waals surface area contributed by atoms with Crippen LogP contribution in [-0.4, -0.2) is 52.7 Å². The molecule has 9 heteroatoms. The van der Waals surface area contributed by atoms with Crippen LogP contribution in [0.5, 0.6) is 0 Å². The second-order valence-corrected chi connectivity index (χ2v) is 10.2.